The fourth-order valence-electron chi connectivity index (χ4n) is 0.538. The predicted octanol–water partition coefficient (Wildman–Crippen LogP) is 3.29. The molecule has 10 heavy (non-hydrogen) atoms. The molecule has 1 nitrogen and oxygen atoms in total. The molecule has 0 aromatic heterocycles. The number of nitrogen functional groups attached to an aromatic ring is 1. The van der Waals surface area contributed by atoms with Crippen molar-refractivity contribution in [1.29, 1.82) is 0 Å². The SMILES string of the molecule is Nc1cc(I)c(Br)cc1Cl. The molecule has 0 saturated carbocycles. The van der Waals surface area contributed by atoms with E-state index in [0.717, 1.165) is 8.04 Å². The van der Waals surface area contributed by atoms with Crippen molar-refractivity contribution < 1.29 is 0 Å². The molecule has 1 rings (SSSR count). The molecule has 0 fully saturated rings. The Bertz CT molecular complexity index is 214. The van der Waals surface area contributed by atoms with Crippen LogP contribution in [-0.4, -0.2) is 0 Å². The fraction of sp³-hybridized carbons (Fsp3) is 0. The maximum atomic E-state index is 5.73. The van der Waals surface area contributed by atoms with Crippen LogP contribution >= 0.6 is 50.1 Å². The Kier molecular flexibility index (Phi) is 2.82. The summed E-state index contributed by atoms with van der Waals surface area (Å²) < 4.78 is 2.05. The zero-order valence-electron chi connectivity index (χ0n) is 4.87. The van der Waals surface area contributed by atoms with Gasteiger partial charge in [0.2, 0.25) is 0 Å². The van der Waals surface area contributed by atoms with E-state index < -0.39 is 0 Å². The summed E-state index contributed by atoms with van der Waals surface area (Å²) in [6.07, 6.45) is 0. The topological polar surface area (TPSA) is 26.0 Å². The van der Waals surface area contributed by atoms with Gasteiger partial charge in [-0.3, -0.25) is 0 Å². The molecule has 0 bridgehead atoms. The van der Waals surface area contributed by atoms with Crippen molar-refractivity contribution in [3.05, 3.63) is 25.2 Å². The fourth-order valence-corrected chi connectivity index (χ4v) is 1.67. The second-order valence-corrected chi connectivity index (χ2v) is 4.21. The molecule has 0 heterocycles. The van der Waals surface area contributed by atoms with Gasteiger partial charge in [0, 0.05) is 8.04 Å². The lowest BCUT2D eigenvalue weighted by molar-refractivity contribution is 1.58. The van der Waals surface area contributed by atoms with Gasteiger partial charge >= 0.3 is 0 Å². The van der Waals surface area contributed by atoms with Crippen molar-refractivity contribution in [1.82, 2.24) is 0 Å². The Hall–Kier alpha value is 0.520. The second kappa shape index (κ2) is 3.28. The van der Waals surface area contributed by atoms with Crippen molar-refractivity contribution >= 4 is 55.8 Å². The van der Waals surface area contributed by atoms with Gasteiger partial charge < -0.3 is 5.73 Å². The third kappa shape index (κ3) is 1.77. The van der Waals surface area contributed by atoms with E-state index in [9.17, 15) is 0 Å². The molecule has 0 spiro atoms. The molecular formula is C6H4BrClIN. The summed E-state index contributed by atoms with van der Waals surface area (Å²) in [5.74, 6) is 0. The quantitative estimate of drug-likeness (QED) is 0.440. The van der Waals surface area contributed by atoms with Crippen LogP contribution in [0.1, 0.15) is 0 Å². The van der Waals surface area contributed by atoms with Crippen LogP contribution in [-0.2, 0) is 0 Å². The van der Waals surface area contributed by atoms with Gasteiger partial charge in [-0.25, -0.2) is 0 Å². The first-order valence-corrected chi connectivity index (χ1v) is 4.76. The Balaban J connectivity index is 3.28. The number of hydrogen-bond donors (Lipinski definition) is 1. The van der Waals surface area contributed by atoms with Gasteiger partial charge in [-0.2, -0.15) is 0 Å². The molecule has 0 unspecified atom stereocenters. The minimum Gasteiger partial charge on any atom is -0.397 e. The summed E-state index contributed by atoms with van der Waals surface area (Å²) in [5, 5.41) is 0.590. The van der Waals surface area contributed by atoms with Crippen LogP contribution in [0.4, 0.5) is 5.69 Å². The molecule has 4 heteroatoms. The minimum atomic E-state index is 0.590. The molecule has 0 aliphatic heterocycles. The summed E-state index contributed by atoms with van der Waals surface area (Å²) in [4.78, 5) is 0. The van der Waals surface area contributed by atoms with Crippen LogP contribution in [0.2, 0.25) is 5.02 Å². The van der Waals surface area contributed by atoms with E-state index in [0.29, 0.717) is 10.7 Å². The number of nitrogens with two attached hydrogens (primary N) is 1. The predicted molar refractivity (Wildman–Crippen MR) is 56.3 cm³/mol. The Morgan fingerprint density at radius 2 is 2.10 bits per heavy atom. The van der Waals surface area contributed by atoms with Gasteiger partial charge in [0.25, 0.3) is 0 Å². The molecule has 1 aromatic carbocycles. The van der Waals surface area contributed by atoms with Crippen LogP contribution < -0.4 is 5.73 Å². The summed E-state index contributed by atoms with van der Waals surface area (Å²) >= 11 is 11.2. The first kappa shape index (κ1) is 8.62. The lowest BCUT2D eigenvalue weighted by atomic mass is 10.3. The van der Waals surface area contributed by atoms with E-state index in [1.807, 2.05) is 6.07 Å². The van der Waals surface area contributed by atoms with E-state index in [1.165, 1.54) is 0 Å². The first-order valence-electron chi connectivity index (χ1n) is 2.51. The van der Waals surface area contributed by atoms with Gasteiger partial charge in [0.1, 0.15) is 0 Å². The van der Waals surface area contributed by atoms with E-state index in [4.69, 9.17) is 17.3 Å². The monoisotopic (exact) mass is 331 g/mol. The minimum absolute atomic E-state index is 0.590. The number of hydrogen-bond acceptors (Lipinski definition) is 1. The molecule has 0 aliphatic carbocycles. The van der Waals surface area contributed by atoms with E-state index in [1.54, 1.807) is 6.07 Å². The molecule has 0 amide bonds. The summed E-state index contributed by atoms with van der Waals surface area (Å²) in [5.41, 5.74) is 6.15. The van der Waals surface area contributed by atoms with Crippen LogP contribution in [0.3, 0.4) is 0 Å². The molecule has 0 saturated heterocycles. The Labute approximate surface area is 86.2 Å². The number of anilines is 1. The van der Waals surface area contributed by atoms with Gasteiger partial charge in [0.05, 0.1) is 10.7 Å². The van der Waals surface area contributed by atoms with Crippen molar-refractivity contribution in [2.45, 2.75) is 0 Å². The smallest absolute Gasteiger partial charge is 0.0647 e. The summed E-state index contributed by atoms with van der Waals surface area (Å²) in [7, 11) is 0. The van der Waals surface area contributed by atoms with Crippen molar-refractivity contribution in [2.24, 2.45) is 0 Å². The molecule has 0 atom stereocenters. The largest absolute Gasteiger partial charge is 0.397 e. The van der Waals surface area contributed by atoms with Gasteiger partial charge in [-0.15, -0.1) is 0 Å². The summed E-state index contributed by atoms with van der Waals surface area (Å²) in [6.45, 7) is 0. The lowest BCUT2D eigenvalue weighted by Crippen LogP contribution is -1.87. The second-order valence-electron chi connectivity index (χ2n) is 1.79. The number of rotatable bonds is 0. The van der Waals surface area contributed by atoms with Gasteiger partial charge in [-0.1, -0.05) is 11.6 Å². The molecule has 0 aliphatic rings. The Morgan fingerprint density at radius 3 is 2.60 bits per heavy atom. The van der Waals surface area contributed by atoms with Crippen LogP contribution in [0, 0.1) is 3.57 Å². The van der Waals surface area contributed by atoms with E-state index in [2.05, 4.69) is 38.5 Å². The third-order valence-corrected chi connectivity index (χ3v) is 3.66. The molecular weight excluding hydrogens is 328 g/mol. The number of halogens is 3. The molecule has 1 aromatic rings. The highest BCUT2D eigenvalue weighted by Gasteiger charge is 2.00. The van der Waals surface area contributed by atoms with E-state index in [-0.39, 0.29) is 0 Å². The average Bonchev–Trinajstić information content (AvgIpc) is 1.84. The van der Waals surface area contributed by atoms with Gasteiger partial charge in [-0.05, 0) is 50.7 Å². The first-order chi connectivity index (χ1) is 4.61. The maximum absolute atomic E-state index is 5.73. The Morgan fingerprint density at radius 1 is 1.50 bits per heavy atom. The molecule has 54 valence electrons. The van der Waals surface area contributed by atoms with Crippen molar-refractivity contribution in [2.75, 3.05) is 5.73 Å². The van der Waals surface area contributed by atoms with Crippen LogP contribution in [0.25, 0.3) is 0 Å². The van der Waals surface area contributed by atoms with Crippen LogP contribution in [0.5, 0.6) is 0 Å². The molecule has 0 radical (unpaired) electrons. The highest BCUT2D eigenvalue weighted by atomic mass is 127. The average molecular weight is 332 g/mol. The third-order valence-electron chi connectivity index (χ3n) is 1.04. The zero-order valence-corrected chi connectivity index (χ0v) is 9.37. The summed E-state index contributed by atoms with van der Waals surface area (Å²) in [6, 6.07) is 3.62. The molecule has 2 N–H and O–H groups in total. The maximum Gasteiger partial charge on any atom is 0.0647 e. The zero-order chi connectivity index (χ0) is 7.72. The van der Waals surface area contributed by atoms with E-state index >= 15 is 0 Å². The number of benzene rings is 1. The van der Waals surface area contributed by atoms with Crippen LogP contribution in [0.15, 0.2) is 16.6 Å². The standard InChI is InChI=1S/C6H4BrClIN/c7-3-1-4(8)6(10)2-5(3)9/h1-2H,10H2. The van der Waals surface area contributed by atoms with Crippen molar-refractivity contribution in [3.63, 3.8) is 0 Å². The lowest BCUT2D eigenvalue weighted by Gasteiger charge is -1.99. The normalized spacial score (nSPS) is 9.90. The van der Waals surface area contributed by atoms with Crippen molar-refractivity contribution in [3.8, 4) is 0 Å². The highest BCUT2D eigenvalue weighted by molar-refractivity contribution is 14.1. The van der Waals surface area contributed by atoms with Gasteiger partial charge in [0.15, 0.2) is 0 Å². The highest BCUT2D eigenvalue weighted by Crippen LogP contribution is 2.27.